The molecule has 0 amide bonds. The molecule has 4 aromatic carbocycles. The Bertz CT molecular complexity index is 2430. The number of nitrogens with zero attached hydrogens (tertiary/aromatic N) is 3. The molecular weight excluding hydrogens is 768 g/mol. The molecule has 57 heavy (non-hydrogen) atoms. The Balaban J connectivity index is 1.36. The van der Waals surface area contributed by atoms with Gasteiger partial charge in [0.25, 0.3) is 10.0 Å². The molecule has 1 aromatic heterocycles. The van der Waals surface area contributed by atoms with Crippen LogP contribution in [0.5, 0.6) is 46.0 Å². The van der Waals surface area contributed by atoms with Crippen molar-refractivity contribution in [1.29, 1.82) is 0 Å². The number of hydrogen-bond acceptors (Lipinski definition) is 11. The predicted octanol–water partition coefficient (Wildman–Crippen LogP) is 8.01. The summed E-state index contributed by atoms with van der Waals surface area (Å²) >= 11 is 6.01. The molecule has 0 aliphatic carbocycles. The predicted molar refractivity (Wildman–Crippen MR) is 218 cm³/mol. The maximum Gasteiger partial charge on any atom is 0.263 e. The fourth-order valence-electron chi connectivity index (χ4n) is 8.16. The van der Waals surface area contributed by atoms with Crippen molar-refractivity contribution in [3.8, 4) is 46.0 Å². The molecule has 14 heteroatoms. The number of sulfonamides is 1. The lowest BCUT2D eigenvalue weighted by Crippen LogP contribution is -2.34. The van der Waals surface area contributed by atoms with Crippen molar-refractivity contribution in [3.05, 3.63) is 111 Å². The van der Waals surface area contributed by atoms with Crippen LogP contribution in [0.25, 0.3) is 0 Å². The van der Waals surface area contributed by atoms with Crippen LogP contribution in [0.4, 0.5) is 5.69 Å². The summed E-state index contributed by atoms with van der Waals surface area (Å²) < 4.78 is 68.0. The summed E-state index contributed by atoms with van der Waals surface area (Å²) in [4.78, 5) is 8.58. The van der Waals surface area contributed by atoms with Crippen molar-refractivity contribution in [2.45, 2.75) is 42.7 Å². The van der Waals surface area contributed by atoms with Gasteiger partial charge in [0.15, 0.2) is 34.5 Å². The number of anilines is 1. The van der Waals surface area contributed by atoms with E-state index in [1.165, 1.54) is 31.0 Å². The first-order valence-corrected chi connectivity index (χ1v) is 20.5. The van der Waals surface area contributed by atoms with E-state index in [1.54, 1.807) is 27.4 Å². The zero-order chi connectivity index (χ0) is 40.0. The molecule has 5 heterocycles. The maximum absolute atomic E-state index is 13.9. The summed E-state index contributed by atoms with van der Waals surface area (Å²) in [5.41, 5.74) is 6.38. The van der Waals surface area contributed by atoms with E-state index < -0.39 is 10.0 Å². The molecule has 6 bridgehead atoms. The second-order valence-corrected chi connectivity index (χ2v) is 16.6. The van der Waals surface area contributed by atoms with Gasteiger partial charge in [-0.2, -0.15) is 0 Å². The van der Waals surface area contributed by atoms with Gasteiger partial charge in [-0.3, -0.25) is 14.5 Å². The highest BCUT2D eigenvalue weighted by Crippen LogP contribution is 2.52. The van der Waals surface area contributed by atoms with Crippen molar-refractivity contribution in [3.63, 3.8) is 0 Å². The lowest BCUT2D eigenvalue weighted by atomic mass is 9.87. The first-order valence-electron chi connectivity index (χ1n) is 18.7. The minimum absolute atomic E-state index is 0.0428. The van der Waals surface area contributed by atoms with Crippen LogP contribution in [0.2, 0.25) is 5.15 Å². The molecule has 12 nitrogen and oxygen atoms in total. The van der Waals surface area contributed by atoms with Crippen LogP contribution in [-0.2, 0) is 35.7 Å². The van der Waals surface area contributed by atoms with E-state index in [-0.39, 0.29) is 22.1 Å². The Kier molecular flexibility index (Phi) is 10.6. The number of hydrogen-bond donors (Lipinski definition) is 1. The van der Waals surface area contributed by atoms with Gasteiger partial charge in [-0.1, -0.05) is 23.7 Å². The molecule has 298 valence electrons. The molecule has 9 rings (SSSR count). The average Bonchev–Trinajstić information content (AvgIpc) is 3.20. The van der Waals surface area contributed by atoms with Crippen LogP contribution < -0.4 is 33.1 Å². The van der Waals surface area contributed by atoms with E-state index in [1.807, 2.05) is 31.3 Å². The van der Waals surface area contributed by atoms with Crippen molar-refractivity contribution in [2.24, 2.45) is 0 Å². The van der Waals surface area contributed by atoms with Gasteiger partial charge >= 0.3 is 0 Å². The number of benzene rings is 4. The summed E-state index contributed by atoms with van der Waals surface area (Å²) in [7, 11) is 6.49. The summed E-state index contributed by atoms with van der Waals surface area (Å²) in [6, 6.07) is 20.3. The van der Waals surface area contributed by atoms with Gasteiger partial charge in [0.2, 0.25) is 5.75 Å². The van der Waals surface area contributed by atoms with Crippen molar-refractivity contribution >= 4 is 27.3 Å². The minimum atomic E-state index is -4.11. The fraction of sp³-hybridized carbons (Fsp3) is 0.326. The average molecular weight is 813 g/mol. The summed E-state index contributed by atoms with van der Waals surface area (Å²) in [6.45, 7) is 1.62. The van der Waals surface area contributed by atoms with Crippen LogP contribution >= 0.6 is 11.6 Å². The number of halogens is 1. The van der Waals surface area contributed by atoms with Gasteiger partial charge in [0.05, 0.1) is 34.1 Å². The maximum atomic E-state index is 13.9. The Morgan fingerprint density at radius 3 is 2.09 bits per heavy atom. The molecule has 0 saturated heterocycles. The number of methoxy groups -OCH3 is 4. The van der Waals surface area contributed by atoms with Crippen molar-refractivity contribution < 1.29 is 36.8 Å². The standard InChI is InChI=1S/C43H45ClN4O8S/c1-47-15-13-26-19-35(51-3)38-22-31(26)33(47)17-25-7-9-29(10-8-25)55-37-21-28(32(23-36(37)52-4)46-57(49,50)30-11-12-40(44)45-24-30)18-34-41-27(14-16-48(34)2)20-39(53-5)42(54-6)43(41)56-38/h7-12,19-24,33-34,46H,13-18H2,1-6H3/t33-,34-/m0/s1. The highest BCUT2D eigenvalue weighted by Gasteiger charge is 2.35. The quantitative estimate of drug-likeness (QED) is 0.161. The Morgan fingerprint density at radius 2 is 1.40 bits per heavy atom. The first-order chi connectivity index (χ1) is 27.5. The normalized spacial score (nSPS) is 17.9. The van der Waals surface area contributed by atoms with E-state index >= 15 is 0 Å². The molecule has 4 aliphatic heterocycles. The summed E-state index contributed by atoms with van der Waals surface area (Å²) in [5.74, 6) is 4.03. The molecule has 0 spiro atoms. The third kappa shape index (κ3) is 7.40. The van der Waals surface area contributed by atoms with Gasteiger partial charge < -0.3 is 28.4 Å². The molecule has 0 radical (unpaired) electrons. The van der Waals surface area contributed by atoms with Gasteiger partial charge in [-0.15, -0.1) is 0 Å². The SMILES string of the molecule is COc1cc(NS(=O)(=O)c2ccc(Cl)nc2)c2cc1Oc1ccc(cc1)C[C@H]1c3cc(c(OC)cc3CCN1C)Oc1c(OC)c(OC)cc3c1[C@H](C2)N(C)CC3. The first kappa shape index (κ1) is 38.7. The van der Waals surface area contributed by atoms with Crippen molar-refractivity contribution in [1.82, 2.24) is 14.8 Å². The largest absolute Gasteiger partial charge is 0.493 e. The molecule has 0 unspecified atom stereocenters. The number of ether oxygens (including phenoxy) is 6. The summed E-state index contributed by atoms with van der Waals surface area (Å²) in [5, 5.41) is 0.182. The molecule has 1 N–H and O–H groups in total. The van der Waals surface area contributed by atoms with E-state index in [9.17, 15) is 8.42 Å². The van der Waals surface area contributed by atoms with Gasteiger partial charge in [0.1, 0.15) is 15.8 Å². The number of nitrogens with one attached hydrogen (secondary N) is 1. The lowest BCUT2D eigenvalue weighted by molar-refractivity contribution is 0.220. The molecule has 0 saturated carbocycles. The molecular formula is C43H45ClN4O8S. The van der Waals surface area contributed by atoms with Crippen LogP contribution in [0.15, 0.2) is 77.8 Å². The highest BCUT2D eigenvalue weighted by molar-refractivity contribution is 7.92. The number of pyridine rings is 1. The Morgan fingerprint density at radius 1 is 0.737 bits per heavy atom. The molecule has 2 atom stereocenters. The topological polar surface area (TPSA) is 121 Å². The third-order valence-corrected chi connectivity index (χ3v) is 12.8. The van der Waals surface area contributed by atoms with Gasteiger partial charge in [-0.05, 0) is 116 Å². The van der Waals surface area contributed by atoms with Gasteiger partial charge in [0, 0.05) is 43.0 Å². The highest BCUT2D eigenvalue weighted by atomic mass is 35.5. The van der Waals surface area contributed by atoms with Crippen LogP contribution in [0.3, 0.4) is 0 Å². The summed E-state index contributed by atoms with van der Waals surface area (Å²) in [6.07, 6.45) is 3.89. The molecule has 5 aromatic rings. The van der Waals surface area contributed by atoms with E-state index in [0.29, 0.717) is 76.6 Å². The Labute approximate surface area is 338 Å². The minimum Gasteiger partial charge on any atom is -0.493 e. The van der Waals surface area contributed by atoms with E-state index in [2.05, 4.69) is 50.8 Å². The Hall–Kier alpha value is -5.21. The fourth-order valence-corrected chi connectivity index (χ4v) is 9.31. The van der Waals surface area contributed by atoms with Crippen LogP contribution in [0, 0.1) is 0 Å². The number of likely N-dealkylation sites (N-methyl/N-ethyl adjacent to an activating group) is 2. The smallest absolute Gasteiger partial charge is 0.263 e. The molecule has 0 fully saturated rings. The monoisotopic (exact) mass is 812 g/mol. The lowest BCUT2D eigenvalue weighted by Gasteiger charge is -2.37. The van der Waals surface area contributed by atoms with E-state index in [4.69, 9.17) is 40.0 Å². The zero-order valence-electron chi connectivity index (χ0n) is 32.7. The van der Waals surface area contributed by atoms with Gasteiger partial charge in [-0.25, -0.2) is 13.4 Å². The van der Waals surface area contributed by atoms with Crippen LogP contribution in [0.1, 0.15) is 45.5 Å². The van der Waals surface area contributed by atoms with Crippen LogP contribution in [-0.4, -0.2) is 78.8 Å². The number of fused-ring (bicyclic) bond motifs is 2. The number of aromatic nitrogens is 1. The zero-order valence-corrected chi connectivity index (χ0v) is 34.3. The second kappa shape index (κ2) is 15.6. The second-order valence-electron chi connectivity index (χ2n) is 14.5. The number of rotatable bonds is 7. The molecule has 4 aliphatic rings. The van der Waals surface area contributed by atoms with E-state index in [0.717, 1.165) is 41.6 Å². The van der Waals surface area contributed by atoms with Crippen molar-refractivity contribution in [2.75, 3.05) is 60.3 Å². The third-order valence-electron chi connectivity index (χ3n) is 11.2.